The van der Waals surface area contributed by atoms with Crippen LogP contribution in [0.3, 0.4) is 0 Å². The first-order chi connectivity index (χ1) is 12.1. The maximum Gasteiger partial charge on any atom is 0.187 e. The topological polar surface area (TPSA) is 116 Å². The van der Waals surface area contributed by atoms with Gasteiger partial charge in [-0.3, -0.25) is 4.79 Å². The summed E-state index contributed by atoms with van der Waals surface area (Å²) in [6.07, 6.45) is -0.958. The molecule has 0 aromatic heterocycles. The highest BCUT2D eigenvalue weighted by Gasteiger charge is 2.44. The molecule has 1 heterocycles. The fourth-order valence-corrected chi connectivity index (χ4v) is 3.69. The van der Waals surface area contributed by atoms with Crippen molar-refractivity contribution in [2.45, 2.75) is 70.9 Å². The number of aliphatic hydroxyl groups excluding tert-OH is 4. The van der Waals surface area contributed by atoms with E-state index in [4.69, 9.17) is 9.47 Å². The maximum absolute atomic E-state index is 11.8. The van der Waals surface area contributed by atoms with E-state index in [1.807, 2.05) is 32.9 Å². The first kappa shape index (κ1) is 21.2. The highest BCUT2D eigenvalue weighted by molar-refractivity contribution is 5.92. The van der Waals surface area contributed by atoms with Crippen LogP contribution in [0.25, 0.3) is 0 Å². The lowest BCUT2D eigenvalue weighted by atomic mass is 9.68. The Morgan fingerprint density at radius 1 is 1.31 bits per heavy atom. The van der Waals surface area contributed by atoms with E-state index in [1.165, 1.54) is 0 Å². The van der Waals surface area contributed by atoms with Gasteiger partial charge in [0.05, 0.1) is 12.7 Å². The predicted molar refractivity (Wildman–Crippen MR) is 94.1 cm³/mol. The van der Waals surface area contributed by atoms with E-state index in [0.29, 0.717) is 6.42 Å². The number of ketones is 1. The van der Waals surface area contributed by atoms with Crippen molar-refractivity contribution in [2.24, 2.45) is 11.3 Å². The molecule has 7 nitrogen and oxygen atoms in total. The second kappa shape index (κ2) is 8.29. The molecule has 0 saturated carbocycles. The fraction of sp³-hybridized carbons (Fsp3) is 0.737. The summed E-state index contributed by atoms with van der Waals surface area (Å²) in [5.74, 6) is 0.212. The second-order valence-corrected chi connectivity index (χ2v) is 7.92. The van der Waals surface area contributed by atoms with Gasteiger partial charge in [-0.2, -0.15) is 0 Å². The van der Waals surface area contributed by atoms with Crippen molar-refractivity contribution in [1.29, 1.82) is 0 Å². The molecular formula is C19H30O7. The first-order valence-corrected chi connectivity index (χ1v) is 8.92. The van der Waals surface area contributed by atoms with Crippen LogP contribution in [-0.4, -0.2) is 69.6 Å². The molecule has 0 bridgehead atoms. The van der Waals surface area contributed by atoms with Crippen molar-refractivity contribution in [3.05, 3.63) is 23.8 Å². The zero-order valence-corrected chi connectivity index (χ0v) is 15.7. The summed E-state index contributed by atoms with van der Waals surface area (Å²) in [6, 6.07) is 0. The maximum atomic E-state index is 11.8. The molecule has 2 rings (SSSR count). The molecule has 0 aromatic rings. The molecule has 1 fully saturated rings. The van der Waals surface area contributed by atoms with Gasteiger partial charge in [0.25, 0.3) is 0 Å². The number of hydrogen-bond acceptors (Lipinski definition) is 7. The van der Waals surface area contributed by atoms with Crippen LogP contribution in [0.15, 0.2) is 23.8 Å². The van der Waals surface area contributed by atoms with E-state index < -0.39 is 43.4 Å². The number of rotatable bonds is 5. The summed E-state index contributed by atoms with van der Waals surface area (Å²) in [4.78, 5) is 11.8. The molecule has 0 spiro atoms. The smallest absolute Gasteiger partial charge is 0.187 e. The molecule has 0 aromatic carbocycles. The van der Waals surface area contributed by atoms with E-state index >= 15 is 0 Å². The minimum atomic E-state index is -1.46. The molecule has 0 amide bonds. The first-order valence-electron chi connectivity index (χ1n) is 8.92. The molecule has 1 saturated heterocycles. The molecule has 26 heavy (non-hydrogen) atoms. The number of hydrogen-bond donors (Lipinski definition) is 4. The van der Waals surface area contributed by atoms with Crippen LogP contribution >= 0.6 is 0 Å². The van der Waals surface area contributed by atoms with Crippen molar-refractivity contribution in [1.82, 2.24) is 0 Å². The number of carbonyl (C=O) groups is 1. The van der Waals surface area contributed by atoms with E-state index in [0.717, 1.165) is 5.57 Å². The largest absolute Gasteiger partial charge is 0.394 e. The Hall–Kier alpha value is -1.09. The Bertz CT molecular complexity index is 566. The van der Waals surface area contributed by atoms with Gasteiger partial charge in [0.1, 0.15) is 24.4 Å². The summed E-state index contributed by atoms with van der Waals surface area (Å²) in [5, 5.41) is 38.9. The lowest BCUT2D eigenvalue weighted by molar-refractivity contribution is -0.306. The Kier molecular flexibility index (Phi) is 6.76. The van der Waals surface area contributed by atoms with Crippen molar-refractivity contribution in [3.63, 3.8) is 0 Å². The van der Waals surface area contributed by atoms with Gasteiger partial charge >= 0.3 is 0 Å². The lowest BCUT2D eigenvalue weighted by Crippen LogP contribution is -2.59. The molecular weight excluding hydrogens is 340 g/mol. The highest BCUT2D eigenvalue weighted by Crippen LogP contribution is 2.40. The monoisotopic (exact) mass is 370 g/mol. The highest BCUT2D eigenvalue weighted by atomic mass is 16.7. The van der Waals surface area contributed by atoms with Crippen LogP contribution < -0.4 is 0 Å². The van der Waals surface area contributed by atoms with Crippen molar-refractivity contribution in [3.8, 4) is 0 Å². The van der Waals surface area contributed by atoms with Crippen molar-refractivity contribution >= 4 is 5.78 Å². The normalized spacial score (nSPS) is 39.1. The summed E-state index contributed by atoms with van der Waals surface area (Å²) < 4.78 is 11.0. The third-order valence-corrected chi connectivity index (χ3v) is 5.12. The van der Waals surface area contributed by atoms with Crippen LogP contribution in [0, 0.1) is 11.3 Å². The molecule has 2 aliphatic rings. The quantitative estimate of drug-likeness (QED) is 0.515. The van der Waals surface area contributed by atoms with Gasteiger partial charge < -0.3 is 29.9 Å². The average Bonchev–Trinajstić information content (AvgIpc) is 2.53. The zero-order valence-electron chi connectivity index (χ0n) is 15.7. The third kappa shape index (κ3) is 4.60. The summed E-state index contributed by atoms with van der Waals surface area (Å²) >= 11 is 0. The number of allylic oxidation sites excluding steroid dienone is 3. The molecule has 1 aliphatic carbocycles. The molecule has 1 aliphatic heterocycles. The van der Waals surface area contributed by atoms with Crippen LogP contribution in [0.4, 0.5) is 0 Å². The Morgan fingerprint density at radius 2 is 1.96 bits per heavy atom. The predicted octanol–water partition coefficient (Wildman–Crippen LogP) is 0.309. The van der Waals surface area contributed by atoms with Gasteiger partial charge in [-0.15, -0.1) is 0 Å². The Morgan fingerprint density at radius 3 is 2.54 bits per heavy atom. The summed E-state index contributed by atoms with van der Waals surface area (Å²) in [7, 11) is 0. The van der Waals surface area contributed by atoms with E-state index in [9.17, 15) is 25.2 Å². The summed E-state index contributed by atoms with van der Waals surface area (Å²) in [6.45, 7) is 7.28. The SMILES string of the molecule is CC1=CC(=O)CC(C)(C)C1/C=C/[C@@H](C)O[C@@H]1O[C@H](CO)[C@@H](O)[C@H](O)[C@H]1O. The zero-order chi connectivity index (χ0) is 19.6. The van der Waals surface area contributed by atoms with E-state index in [1.54, 1.807) is 13.0 Å². The van der Waals surface area contributed by atoms with Gasteiger partial charge in [-0.25, -0.2) is 0 Å². The van der Waals surface area contributed by atoms with E-state index in [2.05, 4.69) is 0 Å². The summed E-state index contributed by atoms with van der Waals surface area (Å²) in [5.41, 5.74) is 0.789. The van der Waals surface area contributed by atoms with Crippen LogP contribution in [0.2, 0.25) is 0 Å². The molecule has 148 valence electrons. The third-order valence-electron chi connectivity index (χ3n) is 5.12. The van der Waals surface area contributed by atoms with Crippen LogP contribution in [0.5, 0.6) is 0 Å². The average molecular weight is 370 g/mol. The number of carbonyl (C=O) groups excluding carboxylic acids is 1. The van der Waals surface area contributed by atoms with Crippen molar-refractivity contribution < 1.29 is 34.7 Å². The lowest BCUT2D eigenvalue weighted by Gasteiger charge is -2.40. The van der Waals surface area contributed by atoms with Gasteiger partial charge in [-0.1, -0.05) is 31.6 Å². The molecule has 7 atom stereocenters. The van der Waals surface area contributed by atoms with Gasteiger partial charge in [0.15, 0.2) is 12.1 Å². The second-order valence-electron chi connectivity index (χ2n) is 7.92. The molecule has 7 heteroatoms. The van der Waals surface area contributed by atoms with Crippen molar-refractivity contribution in [2.75, 3.05) is 6.61 Å². The minimum Gasteiger partial charge on any atom is -0.394 e. The fourth-order valence-electron chi connectivity index (χ4n) is 3.69. The standard InChI is InChI=1S/C19H30O7/c1-10-7-12(21)8-19(3,4)13(10)6-5-11(2)25-18-17(24)16(23)15(22)14(9-20)26-18/h5-7,11,13-18,20,22-24H,8-9H2,1-4H3/b6-5+/t11-,13?,14-,15-,16+,17-,18-/m1/s1. The van der Waals surface area contributed by atoms with Gasteiger partial charge in [0.2, 0.25) is 0 Å². The van der Waals surface area contributed by atoms with Gasteiger partial charge in [-0.05, 0) is 25.3 Å². The minimum absolute atomic E-state index is 0.0843. The van der Waals surface area contributed by atoms with Gasteiger partial charge in [0, 0.05) is 12.3 Å². The molecule has 4 N–H and O–H groups in total. The van der Waals surface area contributed by atoms with E-state index in [-0.39, 0.29) is 17.1 Å². The van der Waals surface area contributed by atoms with Crippen LogP contribution in [-0.2, 0) is 14.3 Å². The Balaban J connectivity index is 2.03. The number of aliphatic hydroxyl groups is 4. The molecule has 1 unspecified atom stereocenters. The molecule has 0 radical (unpaired) electrons. The Labute approximate surface area is 153 Å². The number of ether oxygens (including phenoxy) is 2. The van der Waals surface area contributed by atoms with Crippen LogP contribution in [0.1, 0.15) is 34.1 Å².